The van der Waals surface area contributed by atoms with E-state index in [1.807, 2.05) is 19.1 Å². The Bertz CT molecular complexity index is 592. The van der Waals surface area contributed by atoms with Crippen LogP contribution in [0.15, 0.2) is 24.3 Å². The van der Waals surface area contributed by atoms with Gasteiger partial charge in [-0.1, -0.05) is 18.2 Å². The Hall–Kier alpha value is -1.60. The molecule has 1 aromatic carbocycles. The lowest BCUT2D eigenvalue weighted by atomic mass is 9.99. The molecule has 1 fully saturated rings. The number of carboxylic acid groups (broad SMARTS) is 1. The van der Waals surface area contributed by atoms with Gasteiger partial charge in [0.05, 0.1) is 11.6 Å². The number of carboxylic acids is 1. The predicted molar refractivity (Wildman–Crippen MR) is 75.7 cm³/mol. The van der Waals surface area contributed by atoms with Crippen molar-refractivity contribution < 1.29 is 18.3 Å². The predicted octanol–water partition coefficient (Wildman–Crippen LogP) is 1.45. The van der Waals surface area contributed by atoms with Gasteiger partial charge in [0.25, 0.3) is 0 Å². The molecule has 0 unspecified atom stereocenters. The summed E-state index contributed by atoms with van der Waals surface area (Å²) in [4.78, 5) is 10.9. The van der Waals surface area contributed by atoms with Crippen LogP contribution >= 0.6 is 0 Å². The molecule has 2 rings (SSSR count). The lowest BCUT2D eigenvalue weighted by molar-refractivity contribution is -0.142. The Morgan fingerprint density at radius 1 is 1.30 bits per heavy atom. The van der Waals surface area contributed by atoms with Crippen molar-refractivity contribution in [3.63, 3.8) is 0 Å². The molecule has 110 valence electrons. The van der Waals surface area contributed by atoms with E-state index in [-0.39, 0.29) is 13.1 Å². The number of anilines is 1. The molecule has 1 aliphatic rings. The number of piperidine rings is 1. The average Bonchev–Trinajstić information content (AvgIpc) is 2.41. The SMILES string of the molecule is Cc1ccccc1NS(=O)(=O)N1CCC(C(=O)O)CC1. The van der Waals surface area contributed by atoms with Gasteiger partial charge in [-0.05, 0) is 31.4 Å². The first-order chi connectivity index (χ1) is 9.40. The largest absolute Gasteiger partial charge is 0.481 e. The summed E-state index contributed by atoms with van der Waals surface area (Å²) in [5, 5.41) is 8.92. The third-order valence-electron chi connectivity index (χ3n) is 3.53. The average molecular weight is 298 g/mol. The van der Waals surface area contributed by atoms with E-state index in [4.69, 9.17) is 5.11 Å². The zero-order chi connectivity index (χ0) is 14.8. The maximum atomic E-state index is 12.3. The van der Waals surface area contributed by atoms with Gasteiger partial charge in [-0.3, -0.25) is 9.52 Å². The molecule has 0 atom stereocenters. The molecule has 0 saturated carbocycles. The lowest BCUT2D eigenvalue weighted by Crippen LogP contribution is -2.43. The van der Waals surface area contributed by atoms with Crippen molar-refractivity contribution in [2.24, 2.45) is 5.92 Å². The third-order valence-corrected chi connectivity index (χ3v) is 5.05. The van der Waals surface area contributed by atoms with Crippen LogP contribution in [-0.4, -0.2) is 36.9 Å². The van der Waals surface area contributed by atoms with Crippen molar-refractivity contribution in [3.8, 4) is 0 Å². The van der Waals surface area contributed by atoms with E-state index in [1.54, 1.807) is 12.1 Å². The summed E-state index contributed by atoms with van der Waals surface area (Å²) in [6.45, 7) is 2.30. The summed E-state index contributed by atoms with van der Waals surface area (Å²) in [6, 6.07) is 7.14. The van der Waals surface area contributed by atoms with Crippen LogP contribution < -0.4 is 4.72 Å². The molecule has 0 aromatic heterocycles. The molecule has 6 nitrogen and oxygen atoms in total. The number of aryl methyl sites for hydroxylation is 1. The zero-order valence-electron chi connectivity index (χ0n) is 11.2. The zero-order valence-corrected chi connectivity index (χ0v) is 12.1. The first-order valence-corrected chi connectivity index (χ1v) is 7.90. The van der Waals surface area contributed by atoms with Crippen LogP contribution in [-0.2, 0) is 15.0 Å². The molecule has 7 heteroatoms. The van der Waals surface area contributed by atoms with E-state index in [2.05, 4.69) is 4.72 Å². The molecule has 0 aliphatic carbocycles. The Morgan fingerprint density at radius 3 is 2.45 bits per heavy atom. The molecule has 0 bridgehead atoms. The number of carbonyl (C=O) groups is 1. The van der Waals surface area contributed by atoms with Crippen molar-refractivity contribution >= 4 is 21.9 Å². The fraction of sp³-hybridized carbons (Fsp3) is 0.462. The van der Waals surface area contributed by atoms with Crippen LogP contribution in [0.1, 0.15) is 18.4 Å². The van der Waals surface area contributed by atoms with E-state index in [9.17, 15) is 13.2 Å². The summed E-state index contributed by atoms with van der Waals surface area (Å²) in [5.74, 6) is -1.30. The van der Waals surface area contributed by atoms with Gasteiger partial charge in [-0.2, -0.15) is 12.7 Å². The summed E-state index contributed by atoms with van der Waals surface area (Å²) in [5.41, 5.74) is 1.39. The van der Waals surface area contributed by atoms with E-state index in [1.165, 1.54) is 4.31 Å². The highest BCUT2D eigenvalue weighted by Gasteiger charge is 2.31. The van der Waals surface area contributed by atoms with Gasteiger partial charge in [0, 0.05) is 13.1 Å². The first kappa shape index (κ1) is 14.8. The molecule has 2 N–H and O–H groups in total. The normalized spacial score (nSPS) is 17.9. The Morgan fingerprint density at radius 2 is 1.90 bits per heavy atom. The minimum atomic E-state index is -3.62. The highest BCUT2D eigenvalue weighted by molar-refractivity contribution is 7.90. The summed E-state index contributed by atoms with van der Waals surface area (Å²) >= 11 is 0. The maximum absolute atomic E-state index is 12.3. The van der Waals surface area contributed by atoms with Crippen molar-refractivity contribution in [2.75, 3.05) is 17.8 Å². The van der Waals surface area contributed by atoms with E-state index in [0.29, 0.717) is 18.5 Å². The van der Waals surface area contributed by atoms with Gasteiger partial charge < -0.3 is 5.11 Å². The molecule has 1 aliphatic heterocycles. The minimum absolute atomic E-state index is 0.234. The number of para-hydroxylation sites is 1. The van der Waals surface area contributed by atoms with Gasteiger partial charge in [0.1, 0.15) is 0 Å². The summed E-state index contributed by atoms with van der Waals surface area (Å²) < 4.78 is 28.4. The van der Waals surface area contributed by atoms with Gasteiger partial charge in [0.2, 0.25) is 0 Å². The Labute approximate surface area is 118 Å². The second kappa shape index (κ2) is 5.80. The third kappa shape index (κ3) is 3.29. The molecule has 0 amide bonds. The van der Waals surface area contributed by atoms with Gasteiger partial charge in [-0.15, -0.1) is 0 Å². The second-order valence-electron chi connectivity index (χ2n) is 4.93. The van der Waals surface area contributed by atoms with Crippen molar-refractivity contribution in [3.05, 3.63) is 29.8 Å². The molecule has 1 heterocycles. The maximum Gasteiger partial charge on any atom is 0.306 e. The van der Waals surface area contributed by atoms with Crippen molar-refractivity contribution in [2.45, 2.75) is 19.8 Å². The van der Waals surface area contributed by atoms with Gasteiger partial charge in [0.15, 0.2) is 0 Å². The Kier molecular flexibility index (Phi) is 4.29. The lowest BCUT2D eigenvalue weighted by Gasteiger charge is -2.29. The Balaban J connectivity index is 2.05. The smallest absolute Gasteiger partial charge is 0.306 e. The second-order valence-corrected chi connectivity index (χ2v) is 6.60. The highest BCUT2D eigenvalue weighted by Crippen LogP contribution is 2.22. The van der Waals surface area contributed by atoms with Crippen molar-refractivity contribution in [1.29, 1.82) is 0 Å². The van der Waals surface area contributed by atoms with Crippen LogP contribution in [0.3, 0.4) is 0 Å². The van der Waals surface area contributed by atoms with E-state index >= 15 is 0 Å². The molecular formula is C13H18N2O4S. The monoisotopic (exact) mass is 298 g/mol. The molecule has 20 heavy (non-hydrogen) atoms. The van der Waals surface area contributed by atoms with Gasteiger partial charge >= 0.3 is 16.2 Å². The summed E-state index contributed by atoms with van der Waals surface area (Å²) in [7, 11) is -3.62. The van der Waals surface area contributed by atoms with Crippen LogP contribution in [0, 0.1) is 12.8 Å². The number of rotatable bonds is 4. The number of nitrogens with one attached hydrogen (secondary N) is 1. The fourth-order valence-electron chi connectivity index (χ4n) is 2.23. The number of hydrogen-bond donors (Lipinski definition) is 2. The standard InChI is InChI=1S/C13H18N2O4S/c1-10-4-2-3-5-12(10)14-20(18,19)15-8-6-11(7-9-15)13(16)17/h2-5,11,14H,6-9H2,1H3,(H,16,17). The molecule has 0 radical (unpaired) electrons. The van der Waals surface area contributed by atoms with Crippen LogP contribution in [0.25, 0.3) is 0 Å². The van der Waals surface area contributed by atoms with Crippen molar-refractivity contribution in [1.82, 2.24) is 4.31 Å². The van der Waals surface area contributed by atoms with E-state index < -0.39 is 22.1 Å². The number of nitrogens with zero attached hydrogens (tertiary/aromatic N) is 1. The highest BCUT2D eigenvalue weighted by atomic mass is 32.2. The summed E-state index contributed by atoms with van der Waals surface area (Å²) in [6.07, 6.45) is 0.702. The van der Waals surface area contributed by atoms with E-state index in [0.717, 1.165) is 5.56 Å². The van der Waals surface area contributed by atoms with Crippen LogP contribution in [0.2, 0.25) is 0 Å². The molecular weight excluding hydrogens is 280 g/mol. The first-order valence-electron chi connectivity index (χ1n) is 6.46. The number of aliphatic carboxylic acids is 1. The molecule has 0 spiro atoms. The molecule has 1 aromatic rings. The number of hydrogen-bond acceptors (Lipinski definition) is 3. The number of benzene rings is 1. The van der Waals surface area contributed by atoms with Crippen LogP contribution in [0.4, 0.5) is 5.69 Å². The molecule has 1 saturated heterocycles. The topological polar surface area (TPSA) is 86.7 Å². The minimum Gasteiger partial charge on any atom is -0.481 e. The van der Waals surface area contributed by atoms with Crippen LogP contribution in [0.5, 0.6) is 0 Å². The van der Waals surface area contributed by atoms with Gasteiger partial charge in [-0.25, -0.2) is 0 Å². The fourth-order valence-corrected chi connectivity index (χ4v) is 3.56. The quantitative estimate of drug-likeness (QED) is 0.880.